The van der Waals surface area contributed by atoms with Crippen LogP contribution in [0.25, 0.3) is 0 Å². The first-order valence-electron chi connectivity index (χ1n) is 6.04. The van der Waals surface area contributed by atoms with E-state index in [0.717, 1.165) is 30.3 Å². The van der Waals surface area contributed by atoms with Gasteiger partial charge in [-0.15, -0.1) is 0 Å². The molecule has 0 saturated heterocycles. The standard InChI is InChI=1S/C14H10O8S.Na/c15-13(16)8-1-6-11(14(17)18)12(7-8)22-9-2-4-10(5-3-9)23(19,20)21;/h1-7H,(H,15,16)(H,17,18)(H,19,20,21);. The van der Waals surface area contributed by atoms with Crippen LogP contribution in [0.2, 0.25) is 0 Å². The van der Waals surface area contributed by atoms with Gasteiger partial charge in [0, 0.05) is 29.6 Å². The summed E-state index contributed by atoms with van der Waals surface area (Å²) < 4.78 is 36.1. The molecule has 0 fully saturated rings. The van der Waals surface area contributed by atoms with E-state index in [2.05, 4.69) is 0 Å². The maximum absolute atomic E-state index is 11.1. The van der Waals surface area contributed by atoms with Gasteiger partial charge in [-0.25, -0.2) is 9.59 Å². The zero-order valence-corrected chi connectivity index (χ0v) is 15.1. The second-order valence-electron chi connectivity index (χ2n) is 4.37. The van der Waals surface area contributed by atoms with E-state index < -0.39 is 22.1 Å². The summed E-state index contributed by atoms with van der Waals surface area (Å²) in [5.41, 5.74) is -0.423. The normalized spacial score (nSPS) is 10.5. The molecule has 0 aliphatic rings. The fourth-order valence-electron chi connectivity index (χ4n) is 1.72. The van der Waals surface area contributed by atoms with Gasteiger partial charge in [0.25, 0.3) is 10.1 Å². The third-order valence-corrected chi connectivity index (χ3v) is 3.68. The summed E-state index contributed by atoms with van der Waals surface area (Å²) in [6, 6.07) is 7.78. The van der Waals surface area contributed by atoms with Crippen molar-refractivity contribution >= 4 is 51.6 Å². The minimum absolute atomic E-state index is 0. The largest absolute Gasteiger partial charge is 0.478 e. The average molecular weight is 361 g/mol. The summed E-state index contributed by atoms with van der Waals surface area (Å²) in [5.74, 6) is -2.71. The Balaban J connectivity index is 0.00000288. The fraction of sp³-hybridized carbons (Fsp3) is 0. The Labute approximate surface area is 158 Å². The molecule has 0 aliphatic carbocycles. The second kappa shape index (κ2) is 7.77. The molecule has 0 amide bonds. The van der Waals surface area contributed by atoms with Crippen molar-refractivity contribution in [3.63, 3.8) is 0 Å². The molecule has 0 aromatic heterocycles. The molecule has 8 nitrogen and oxygen atoms in total. The Morgan fingerprint density at radius 2 is 1.50 bits per heavy atom. The number of hydrogen-bond donors (Lipinski definition) is 3. The zero-order chi connectivity index (χ0) is 17.2. The Morgan fingerprint density at radius 1 is 0.917 bits per heavy atom. The van der Waals surface area contributed by atoms with Crippen molar-refractivity contribution in [1.29, 1.82) is 0 Å². The quantitative estimate of drug-likeness (QED) is 0.541. The zero-order valence-electron chi connectivity index (χ0n) is 12.3. The van der Waals surface area contributed by atoms with Crippen LogP contribution in [0, 0.1) is 0 Å². The monoisotopic (exact) mass is 361 g/mol. The van der Waals surface area contributed by atoms with Crippen molar-refractivity contribution < 1.29 is 37.5 Å². The molecule has 2 rings (SSSR count). The molecule has 121 valence electrons. The van der Waals surface area contributed by atoms with Gasteiger partial charge in [0.15, 0.2) is 0 Å². The number of aromatic carboxylic acids is 2. The molecule has 0 unspecified atom stereocenters. The molecule has 1 radical (unpaired) electrons. The van der Waals surface area contributed by atoms with Crippen LogP contribution in [-0.2, 0) is 10.1 Å². The average Bonchev–Trinajstić information content (AvgIpc) is 2.46. The number of carbonyl (C=O) groups is 2. The first kappa shape index (κ1) is 20.1. The number of carboxylic acids is 2. The van der Waals surface area contributed by atoms with Gasteiger partial charge in [-0.05, 0) is 42.5 Å². The maximum Gasteiger partial charge on any atom is 0.339 e. The molecule has 2 aromatic carbocycles. The molecular formula is C14H10NaO8S. The molecule has 0 spiro atoms. The van der Waals surface area contributed by atoms with Gasteiger partial charge < -0.3 is 14.9 Å². The van der Waals surface area contributed by atoms with E-state index in [1.807, 2.05) is 0 Å². The third-order valence-electron chi connectivity index (χ3n) is 2.81. The van der Waals surface area contributed by atoms with Crippen LogP contribution in [0.3, 0.4) is 0 Å². The topological polar surface area (TPSA) is 138 Å². The molecule has 0 saturated carbocycles. The second-order valence-corrected chi connectivity index (χ2v) is 5.79. The van der Waals surface area contributed by atoms with Gasteiger partial charge >= 0.3 is 11.9 Å². The Morgan fingerprint density at radius 3 is 1.96 bits per heavy atom. The summed E-state index contributed by atoms with van der Waals surface area (Å²) in [4.78, 5) is 21.7. The third kappa shape index (κ3) is 4.79. The van der Waals surface area contributed by atoms with Crippen molar-refractivity contribution in [2.75, 3.05) is 0 Å². The van der Waals surface area contributed by atoms with Crippen molar-refractivity contribution in [3.05, 3.63) is 53.6 Å². The number of ether oxygens (including phenoxy) is 1. The number of rotatable bonds is 5. The van der Waals surface area contributed by atoms with E-state index in [-0.39, 0.29) is 57.1 Å². The van der Waals surface area contributed by atoms with E-state index >= 15 is 0 Å². The molecule has 3 N–H and O–H groups in total. The van der Waals surface area contributed by atoms with Crippen molar-refractivity contribution in [1.82, 2.24) is 0 Å². The fourth-order valence-corrected chi connectivity index (χ4v) is 2.20. The molecule has 10 heteroatoms. The Kier molecular flexibility index (Phi) is 6.52. The van der Waals surface area contributed by atoms with Gasteiger partial charge in [0.2, 0.25) is 0 Å². The van der Waals surface area contributed by atoms with Gasteiger partial charge in [-0.3, -0.25) is 4.55 Å². The van der Waals surface area contributed by atoms with Crippen LogP contribution in [0.1, 0.15) is 20.7 Å². The molecule has 24 heavy (non-hydrogen) atoms. The number of carboxylic acid groups (broad SMARTS) is 2. The summed E-state index contributed by atoms with van der Waals surface area (Å²) in [6.45, 7) is 0. The molecule has 2 aromatic rings. The van der Waals surface area contributed by atoms with E-state index in [9.17, 15) is 18.0 Å². The van der Waals surface area contributed by atoms with E-state index in [1.165, 1.54) is 12.1 Å². The number of benzene rings is 2. The predicted molar refractivity (Wildman–Crippen MR) is 82.4 cm³/mol. The predicted octanol–water partition coefficient (Wildman–Crippen LogP) is 1.74. The van der Waals surface area contributed by atoms with E-state index in [4.69, 9.17) is 19.5 Å². The molecular weight excluding hydrogens is 351 g/mol. The Hall–Kier alpha value is -1.91. The van der Waals surface area contributed by atoms with Crippen LogP contribution in [-0.4, -0.2) is 64.7 Å². The van der Waals surface area contributed by atoms with Crippen LogP contribution in [0.15, 0.2) is 47.4 Å². The number of hydrogen-bond acceptors (Lipinski definition) is 5. The summed E-state index contributed by atoms with van der Waals surface area (Å²) in [7, 11) is -4.36. The first-order valence-corrected chi connectivity index (χ1v) is 7.48. The summed E-state index contributed by atoms with van der Waals surface area (Å²) >= 11 is 0. The van der Waals surface area contributed by atoms with Crippen LogP contribution in [0.5, 0.6) is 11.5 Å². The van der Waals surface area contributed by atoms with E-state index in [1.54, 1.807) is 0 Å². The Bertz CT molecular complexity index is 874. The van der Waals surface area contributed by atoms with Gasteiger partial charge in [-0.1, -0.05) is 0 Å². The first-order chi connectivity index (χ1) is 10.7. The van der Waals surface area contributed by atoms with Gasteiger partial charge in [-0.2, -0.15) is 8.42 Å². The van der Waals surface area contributed by atoms with E-state index in [0.29, 0.717) is 0 Å². The van der Waals surface area contributed by atoms with Gasteiger partial charge in [0.05, 0.1) is 10.5 Å². The SMILES string of the molecule is O=C(O)c1ccc(C(=O)O)c(Oc2ccc(S(=O)(=O)O)cc2)c1.[Na]. The minimum Gasteiger partial charge on any atom is -0.478 e. The molecule has 0 bridgehead atoms. The smallest absolute Gasteiger partial charge is 0.339 e. The van der Waals surface area contributed by atoms with Crippen molar-refractivity contribution in [2.45, 2.75) is 4.90 Å². The van der Waals surface area contributed by atoms with Crippen molar-refractivity contribution in [2.24, 2.45) is 0 Å². The summed E-state index contributed by atoms with van der Waals surface area (Å²) in [5, 5.41) is 18.0. The summed E-state index contributed by atoms with van der Waals surface area (Å²) in [6.07, 6.45) is 0. The molecule has 0 heterocycles. The van der Waals surface area contributed by atoms with Crippen LogP contribution < -0.4 is 4.74 Å². The minimum atomic E-state index is -4.36. The van der Waals surface area contributed by atoms with Crippen molar-refractivity contribution in [3.8, 4) is 11.5 Å². The van der Waals surface area contributed by atoms with Crippen LogP contribution in [0.4, 0.5) is 0 Å². The molecule has 0 aliphatic heterocycles. The van der Waals surface area contributed by atoms with Crippen LogP contribution >= 0.6 is 0 Å². The molecule has 0 atom stereocenters. The maximum atomic E-state index is 11.1. The van der Waals surface area contributed by atoms with Gasteiger partial charge in [0.1, 0.15) is 17.1 Å².